The Kier molecular flexibility index (Phi) is 3.46. The van der Waals surface area contributed by atoms with Gasteiger partial charge in [0.25, 0.3) is 0 Å². The first-order valence-electron chi connectivity index (χ1n) is 6.93. The number of alkyl halides is 3. The van der Waals surface area contributed by atoms with Crippen molar-refractivity contribution in [3.05, 3.63) is 29.1 Å². The number of aliphatic hydroxyl groups excluding tert-OH is 1. The van der Waals surface area contributed by atoms with E-state index in [9.17, 15) is 22.7 Å². The number of hydrogen-bond acceptors (Lipinski definition) is 4. The molecular weight excluding hydrogens is 314 g/mol. The van der Waals surface area contributed by atoms with Crippen molar-refractivity contribution in [2.24, 2.45) is 11.8 Å². The summed E-state index contributed by atoms with van der Waals surface area (Å²) in [6.07, 6.45) is -6.72. The number of fused-ring (bicyclic) bond motifs is 1. The SMILES string of the molecule is N#Cc1cc(N2C[C@H]3C[C@H]3[C@@H]2[C@H](O)C(F)(F)F)cc(F)c1C#N. The van der Waals surface area contributed by atoms with Crippen LogP contribution in [0.1, 0.15) is 17.5 Å². The van der Waals surface area contributed by atoms with Gasteiger partial charge in [-0.05, 0) is 30.4 Å². The average molecular weight is 325 g/mol. The number of nitriles is 2. The summed E-state index contributed by atoms with van der Waals surface area (Å²) in [5, 5.41) is 27.5. The van der Waals surface area contributed by atoms with Gasteiger partial charge < -0.3 is 10.0 Å². The molecule has 0 bridgehead atoms. The highest BCUT2D eigenvalue weighted by Crippen LogP contribution is 2.53. The molecule has 23 heavy (non-hydrogen) atoms. The molecule has 0 aromatic heterocycles. The predicted octanol–water partition coefficient (Wildman–Crippen LogP) is 2.32. The molecular formula is C15H11F4N3O. The van der Waals surface area contributed by atoms with E-state index < -0.39 is 29.7 Å². The van der Waals surface area contributed by atoms with E-state index in [4.69, 9.17) is 10.5 Å². The van der Waals surface area contributed by atoms with Crippen LogP contribution >= 0.6 is 0 Å². The number of anilines is 1. The van der Waals surface area contributed by atoms with Gasteiger partial charge in [-0.15, -0.1) is 0 Å². The van der Waals surface area contributed by atoms with Crippen LogP contribution in [-0.4, -0.2) is 30.0 Å². The van der Waals surface area contributed by atoms with Crippen molar-refractivity contribution >= 4 is 5.69 Å². The van der Waals surface area contributed by atoms with Gasteiger partial charge in [0.2, 0.25) is 0 Å². The first-order chi connectivity index (χ1) is 10.8. The summed E-state index contributed by atoms with van der Waals surface area (Å²) in [6, 6.07) is 4.18. The molecule has 0 unspecified atom stereocenters. The normalized spacial score (nSPS) is 27.1. The lowest BCUT2D eigenvalue weighted by Crippen LogP contribution is -2.49. The number of hydrogen-bond donors (Lipinski definition) is 1. The Morgan fingerprint density at radius 1 is 1.26 bits per heavy atom. The fourth-order valence-electron chi connectivity index (χ4n) is 3.34. The van der Waals surface area contributed by atoms with Gasteiger partial charge in [-0.25, -0.2) is 4.39 Å². The van der Waals surface area contributed by atoms with Gasteiger partial charge in [0.15, 0.2) is 6.10 Å². The quantitative estimate of drug-likeness (QED) is 0.847. The van der Waals surface area contributed by atoms with Crippen LogP contribution < -0.4 is 4.90 Å². The summed E-state index contributed by atoms with van der Waals surface area (Å²) >= 11 is 0. The Labute approximate surface area is 129 Å². The first-order valence-corrected chi connectivity index (χ1v) is 6.93. The molecule has 0 amide bonds. The molecule has 1 saturated carbocycles. The molecule has 1 aromatic carbocycles. The van der Waals surface area contributed by atoms with Crippen LogP contribution in [0.2, 0.25) is 0 Å². The van der Waals surface area contributed by atoms with Gasteiger partial charge in [-0.1, -0.05) is 0 Å². The molecule has 1 heterocycles. The largest absolute Gasteiger partial charge is 0.416 e. The molecule has 1 aromatic rings. The number of benzene rings is 1. The molecule has 8 heteroatoms. The van der Waals surface area contributed by atoms with Gasteiger partial charge >= 0.3 is 6.18 Å². The van der Waals surface area contributed by atoms with Gasteiger partial charge in [0.05, 0.1) is 11.6 Å². The zero-order chi connectivity index (χ0) is 16.9. The first kappa shape index (κ1) is 15.6. The van der Waals surface area contributed by atoms with Crippen molar-refractivity contribution in [3.8, 4) is 12.1 Å². The van der Waals surface area contributed by atoms with E-state index in [2.05, 4.69) is 0 Å². The van der Waals surface area contributed by atoms with Crippen LogP contribution in [0, 0.1) is 40.3 Å². The Morgan fingerprint density at radius 3 is 2.52 bits per heavy atom. The smallest absolute Gasteiger partial charge is 0.382 e. The summed E-state index contributed by atoms with van der Waals surface area (Å²) in [5.41, 5.74) is -0.588. The minimum atomic E-state index is -4.77. The molecule has 4 atom stereocenters. The van der Waals surface area contributed by atoms with Crippen LogP contribution in [0.5, 0.6) is 0 Å². The van der Waals surface area contributed by atoms with Crippen molar-refractivity contribution in [1.82, 2.24) is 0 Å². The summed E-state index contributed by atoms with van der Waals surface area (Å²) in [7, 11) is 0. The van der Waals surface area contributed by atoms with E-state index in [0.717, 1.165) is 6.07 Å². The standard InChI is InChI=1S/C15H11F4N3O/c16-12-3-9(1-7(4-20)11(12)5-21)22-6-8-2-10(8)13(22)14(23)15(17,18)19/h1,3,8,10,13-14,23H,2,6H2/t8-,10-,13-,14+/m1/s1. The fourth-order valence-corrected chi connectivity index (χ4v) is 3.34. The van der Waals surface area contributed by atoms with Crippen LogP contribution in [-0.2, 0) is 0 Å². The topological polar surface area (TPSA) is 71.1 Å². The number of piperidine rings is 1. The molecule has 4 nitrogen and oxygen atoms in total. The lowest BCUT2D eigenvalue weighted by Gasteiger charge is -2.34. The third-order valence-electron chi connectivity index (χ3n) is 4.50. The predicted molar refractivity (Wildman–Crippen MR) is 70.6 cm³/mol. The lowest BCUT2D eigenvalue weighted by atomic mass is 10.0. The molecule has 3 rings (SSSR count). The van der Waals surface area contributed by atoms with Crippen molar-refractivity contribution in [2.45, 2.75) is 24.7 Å². The molecule has 1 saturated heterocycles. The zero-order valence-electron chi connectivity index (χ0n) is 11.7. The van der Waals surface area contributed by atoms with Gasteiger partial charge in [0.1, 0.15) is 23.5 Å². The molecule has 2 fully saturated rings. The van der Waals surface area contributed by atoms with E-state index >= 15 is 0 Å². The molecule has 1 aliphatic heterocycles. The monoisotopic (exact) mass is 325 g/mol. The average Bonchev–Trinajstić information content (AvgIpc) is 3.15. The highest BCUT2D eigenvalue weighted by molar-refractivity contribution is 5.60. The third-order valence-corrected chi connectivity index (χ3v) is 4.50. The lowest BCUT2D eigenvalue weighted by molar-refractivity contribution is -0.210. The van der Waals surface area contributed by atoms with Gasteiger partial charge in [-0.2, -0.15) is 23.7 Å². The van der Waals surface area contributed by atoms with E-state index in [0.29, 0.717) is 6.42 Å². The second-order valence-electron chi connectivity index (χ2n) is 5.86. The second kappa shape index (κ2) is 5.10. The Hall–Kier alpha value is -2.32. The number of halogens is 4. The molecule has 0 spiro atoms. The van der Waals surface area contributed by atoms with Crippen LogP contribution in [0.25, 0.3) is 0 Å². The summed E-state index contributed by atoms with van der Waals surface area (Å²) in [5.74, 6) is -1.22. The minimum absolute atomic E-state index is 0.0289. The summed E-state index contributed by atoms with van der Waals surface area (Å²) < 4.78 is 52.6. The molecule has 1 N–H and O–H groups in total. The van der Waals surface area contributed by atoms with E-state index in [1.54, 1.807) is 12.1 Å². The molecule has 2 aliphatic rings. The summed E-state index contributed by atoms with van der Waals surface area (Å²) in [6.45, 7) is 0.263. The fraction of sp³-hybridized carbons (Fsp3) is 0.467. The van der Waals surface area contributed by atoms with Crippen molar-refractivity contribution in [2.75, 3.05) is 11.4 Å². The van der Waals surface area contributed by atoms with Crippen molar-refractivity contribution in [3.63, 3.8) is 0 Å². The Morgan fingerprint density at radius 2 is 1.96 bits per heavy atom. The van der Waals surface area contributed by atoms with Crippen LogP contribution in [0.3, 0.4) is 0 Å². The second-order valence-corrected chi connectivity index (χ2v) is 5.86. The molecule has 120 valence electrons. The number of nitrogens with zero attached hydrogens (tertiary/aromatic N) is 3. The minimum Gasteiger partial charge on any atom is -0.382 e. The van der Waals surface area contributed by atoms with Crippen molar-refractivity contribution < 1.29 is 22.7 Å². The number of rotatable bonds is 2. The number of aliphatic hydroxyl groups is 1. The van der Waals surface area contributed by atoms with Crippen molar-refractivity contribution in [1.29, 1.82) is 10.5 Å². The Bertz CT molecular complexity index is 734. The van der Waals surface area contributed by atoms with E-state index in [1.165, 1.54) is 11.0 Å². The van der Waals surface area contributed by atoms with E-state index in [-0.39, 0.29) is 29.6 Å². The van der Waals surface area contributed by atoms with Crippen LogP contribution in [0.15, 0.2) is 12.1 Å². The highest BCUT2D eigenvalue weighted by atomic mass is 19.4. The third kappa shape index (κ3) is 2.49. The zero-order valence-corrected chi connectivity index (χ0v) is 11.7. The Balaban J connectivity index is 2.00. The highest BCUT2D eigenvalue weighted by Gasteiger charge is 2.60. The maximum Gasteiger partial charge on any atom is 0.416 e. The van der Waals surface area contributed by atoms with Gasteiger partial charge in [-0.3, -0.25) is 0 Å². The summed E-state index contributed by atoms with van der Waals surface area (Å²) in [4.78, 5) is 1.29. The molecule has 1 aliphatic carbocycles. The van der Waals surface area contributed by atoms with Gasteiger partial charge in [0, 0.05) is 12.2 Å². The maximum absolute atomic E-state index is 13.9. The van der Waals surface area contributed by atoms with Crippen LogP contribution in [0.4, 0.5) is 23.2 Å². The van der Waals surface area contributed by atoms with E-state index in [1.807, 2.05) is 0 Å². The maximum atomic E-state index is 13.9. The molecule has 0 radical (unpaired) electrons.